The van der Waals surface area contributed by atoms with Crippen molar-refractivity contribution >= 4 is 11.6 Å². The maximum Gasteiger partial charge on any atom is 0.129 e. The molecule has 1 N–H and O–H groups in total. The summed E-state index contributed by atoms with van der Waals surface area (Å²) in [5.41, 5.74) is 3.52. The van der Waals surface area contributed by atoms with E-state index < -0.39 is 0 Å². The maximum absolute atomic E-state index is 13.6. The fraction of sp³-hybridized carbons (Fsp3) is 0.250. The summed E-state index contributed by atoms with van der Waals surface area (Å²) in [6.45, 7) is 1.43. The Bertz CT molecular complexity index is 597. The van der Waals surface area contributed by atoms with Crippen molar-refractivity contribution < 1.29 is 4.39 Å². The first-order valence-corrected chi connectivity index (χ1v) is 6.84. The van der Waals surface area contributed by atoms with E-state index in [2.05, 4.69) is 29.6 Å². The van der Waals surface area contributed by atoms with E-state index in [4.69, 9.17) is 11.6 Å². The van der Waals surface area contributed by atoms with Crippen LogP contribution in [-0.4, -0.2) is 6.54 Å². The standard InChI is InChI=1S/C16H15ClFN/c17-14-6-5-12(16(18)8-14)9-19-10-13-7-11-3-1-2-4-15(11)13/h1-6,8,13,19H,7,9-10H2. The molecule has 3 rings (SSSR count). The SMILES string of the molecule is Fc1cc(Cl)ccc1CNCC1Cc2ccccc21. The highest BCUT2D eigenvalue weighted by Crippen LogP contribution is 2.34. The van der Waals surface area contributed by atoms with Gasteiger partial charge in [-0.3, -0.25) is 0 Å². The van der Waals surface area contributed by atoms with Gasteiger partial charge < -0.3 is 5.32 Å². The van der Waals surface area contributed by atoms with Crippen LogP contribution in [0.15, 0.2) is 42.5 Å². The topological polar surface area (TPSA) is 12.0 Å². The highest BCUT2D eigenvalue weighted by Gasteiger charge is 2.24. The Morgan fingerprint density at radius 2 is 2.05 bits per heavy atom. The lowest BCUT2D eigenvalue weighted by atomic mass is 9.77. The molecule has 2 aromatic carbocycles. The molecule has 1 aliphatic carbocycles. The first-order valence-electron chi connectivity index (χ1n) is 6.46. The molecule has 0 aromatic heterocycles. The molecule has 1 nitrogen and oxygen atoms in total. The molecule has 3 heteroatoms. The molecule has 0 saturated heterocycles. The summed E-state index contributed by atoms with van der Waals surface area (Å²) in [6, 6.07) is 13.3. The van der Waals surface area contributed by atoms with Gasteiger partial charge in [-0.2, -0.15) is 0 Å². The average Bonchev–Trinajstić information content (AvgIpc) is 2.37. The minimum atomic E-state index is -0.242. The molecule has 2 aromatic rings. The van der Waals surface area contributed by atoms with Crippen molar-refractivity contribution in [1.29, 1.82) is 0 Å². The Balaban J connectivity index is 1.55. The third-order valence-corrected chi connectivity index (χ3v) is 3.92. The highest BCUT2D eigenvalue weighted by atomic mass is 35.5. The maximum atomic E-state index is 13.6. The van der Waals surface area contributed by atoms with Crippen molar-refractivity contribution in [2.45, 2.75) is 18.9 Å². The van der Waals surface area contributed by atoms with E-state index in [-0.39, 0.29) is 5.82 Å². The number of halogens is 2. The average molecular weight is 276 g/mol. The Morgan fingerprint density at radius 3 is 2.84 bits per heavy atom. The summed E-state index contributed by atoms with van der Waals surface area (Å²) in [5, 5.41) is 3.76. The Hall–Kier alpha value is -1.38. The van der Waals surface area contributed by atoms with Gasteiger partial charge >= 0.3 is 0 Å². The molecular weight excluding hydrogens is 261 g/mol. The van der Waals surface area contributed by atoms with Gasteiger partial charge in [-0.1, -0.05) is 41.9 Å². The second kappa shape index (κ2) is 5.32. The van der Waals surface area contributed by atoms with Crippen LogP contribution in [0.3, 0.4) is 0 Å². The molecule has 0 heterocycles. The van der Waals surface area contributed by atoms with Crippen LogP contribution in [0.4, 0.5) is 4.39 Å². The molecule has 0 saturated carbocycles. The molecule has 0 aliphatic heterocycles. The minimum absolute atomic E-state index is 0.242. The van der Waals surface area contributed by atoms with Crippen LogP contribution < -0.4 is 5.32 Å². The number of nitrogens with one attached hydrogen (secondary N) is 1. The van der Waals surface area contributed by atoms with E-state index in [1.165, 1.54) is 17.2 Å². The molecule has 0 amide bonds. The summed E-state index contributed by atoms with van der Waals surface area (Å²) in [6.07, 6.45) is 1.12. The van der Waals surface area contributed by atoms with E-state index in [9.17, 15) is 4.39 Å². The normalized spacial score (nSPS) is 16.8. The third-order valence-electron chi connectivity index (χ3n) is 3.68. The van der Waals surface area contributed by atoms with Crippen LogP contribution in [0.2, 0.25) is 5.02 Å². The molecule has 0 spiro atoms. The molecule has 0 fully saturated rings. The molecule has 0 bridgehead atoms. The van der Waals surface area contributed by atoms with Gasteiger partial charge in [-0.15, -0.1) is 0 Å². The summed E-state index contributed by atoms with van der Waals surface area (Å²) < 4.78 is 13.6. The Kier molecular flexibility index (Phi) is 3.54. The number of fused-ring (bicyclic) bond motifs is 1. The predicted octanol–water partition coefficient (Wildman–Crippen LogP) is 3.91. The molecule has 1 atom stereocenters. The molecule has 1 unspecified atom stereocenters. The number of hydrogen-bond acceptors (Lipinski definition) is 1. The van der Waals surface area contributed by atoms with Gasteiger partial charge in [0, 0.05) is 29.6 Å². The summed E-state index contributed by atoms with van der Waals surface area (Å²) in [7, 11) is 0. The number of rotatable bonds is 4. The fourth-order valence-corrected chi connectivity index (χ4v) is 2.75. The van der Waals surface area contributed by atoms with E-state index in [1.54, 1.807) is 12.1 Å². The minimum Gasteiger partial charge on any atom is -0.312 e. The van der Waals surface area contributed by atoms with Crippen molar-refractivity contribution in [3.8, 4) is 0 Å². The lowest BCUT2D eigenvalue weighted by Crippen LogP contribution is -2.29. The quantitative estimate of drug-likeness (QED) is 0.892. The van der Waals surface area contributed by atoms with Crippen molar-refractivity contribution in [1.82, 2.24) is 5.32 Å². The van der Waals surface area contributed by atoms with Crippen molar-refractivity contribution in [2.24, 2.45) is 0 Å². The van der Waals surface area contributed by atoms with Crippen LogP contribution in [0.25, 0.3) is 0 Å². The highest BCUT2D eigenvalue weighted by molar-refractivity contribution is 6.30. The van der Waals surface area contributed by atoms with E-state index in [1.807, 2.05) is 0 Å². The lowest BCUT2D eigenvalue weighted by molar-refractivity contribution is 0.523. The first kappa shape index (κ1) is 12.6. The molecular formula is C16H15ClFN. The predicted molar refractivity (Wildman–Crippen MR) is 76.0 cm³/mol. The van der Waals surface area contributed by atoms with E-state index >= 15 is 0 Å². The van der Waals surface area contributed by atoms with Crippen LogP contribution in [0.1, 0.15) is 22.6 Å². The second-order valence-electron chi connectivity index (χ2n) is 4.97. The van der Waals surface area contributed by atoms with Crippen LogP contribution in [0.5, 0.6) is 0 Å². The van der Waals surface area contributed by atoms with Gasteiger partial charge in [0.15, 0.2) is 0 Å². The van der Waals surface area contributed by atoms with Gasteiger partial charge in [0.1, 0.15) is 5.82 Å². The van der Waals surface area contributed by atoms with Gasteiger partial charge in [0.25, 0.3) is 0 Å². The summed E-state index contributed by atoms with van der Waals surface area (Å²) in [5.74, 6) is 0.320. The van der Waals surface area contributed by atoms with E-state index in [0.717, 1.165) is 13.0 Å². The van der Waals surface area contributed by atoms with Crippen LogP contribution in [0, 0.1) is 5.82 Å². The van der Waals surface area contributed by atoms with Gasteiger partial charge in [-0.05, 0) is 29.7 Å². The zero-order valence-electron chi connectivity index (χ0n) is 10.5. The Morgan fingerprint density at radius 1 is 1.21 bits per heavy atom. The summed E-state index contributed by atoms with van der Waals surface area (Å²) in [4.78, 5) is 0. The van der Waals surface area contributed by atoms with Gasteiger partial charge in [0.05, 0.1) is 0 Å². The second-order valence-corrected chi connectivity index (χ2v) is 5.40. The molecule has 98 valence electrons. The fourth-order valence-electron chi connectivity index (χ4n) is 2.59. The molecule has 1 aliphatic rings. The number of benzene rings is 2. The summed E-state index contributed by atoms with van der Waals surface area (Å²) >= 11 is 5.73. The van der Waals surface area contributed by atoms with Crippen molar-refractivity contribution in [3.05, 3.63) is 70.0 Å². The monoisotopic (exact) mass is 275 g/mol. The third kappa shape index (κ3) is 2.65. The van der Waals surface area contributed by atoms with Gasteiger partial charge in [-0.25, -0.2) is 4.39 Å². The zero-order chi connectivity index (χ0) is 13.2. The Labute approximate surface area is 117 Å². The first-order chi connectivity index (χ1) is 9.24. The molecule has 0 radical (unpaired) electrons. The van der Waals surface area contributed by atoms with Crippen molar-refractivity contribution in [3.63, 3.8) is 0 Å². The van der Waals surface area contributed by atoms with E-state index in [0.29, 0.717) is 23.0 Å². The smallest absolute Gasteiger partial charge is 0.129 e. The van der Waals surface area contributed by atoms with Gasteiger partial charge in [0.2, 0.25) is 0 Å². The van der Waals surface area contributed by atoms with Crippen molar-refractivity contribution in [2.75, 3.05) is 6.54 Å². The van der Waals surface area contributed by atoms with Crippen LogP contribution >= 0.6 is 11.6 Å². The molecule has 19 heavy (non-hydrogen) atoms. The van der Waals surface area contributed by atoms with Crippen LogP contribution in [-0.2, 0) is 13.0 Å². The number of hydrogen-bond donors (Lipinski definition) is 1. The largest absolute Gasteiger partial charge is 0.312 e. The zero-order valence-corrected chi connectivity index (χ0v) is 11.3. The lowest BCUT2D eigenvalue weighted by Gasteiger charge is -2.30.